The Morgan fingerprint density at radius 2 is 1.96 bits per heavy atom. The van der Waals surface area contributed by atoms with E-state index in [0.29, 0.717) is 18.2 Å². The van der Waals surface area contributed by atoms with Crippen LogP contribution in [0.3, 0.4) is 0 Å². The Kier molecular flexibility index (Phi) is 4.81. The van der Waals surface area contributed by atoms with Gasteiger partial charge in [-0.25, -0.2) is 4.68 Å². The predicted octanol–water partition coefficient (Wildman–Crippen LogP) is 1.81. The first-order chi connectivity index (χ1) is 12.3. The number of hydrogen-bond donors (Lipinski definition) is 1. The van der Waals surface area contributed by atoms with E-state index in [2.05, 4.69) is 15.3 Å². The van der Waals surface area contributed by atoms with Gasteiger partial charge in [0.25, 0.3) is 5.91 Å². The summed E-state index contributed by atoms with van der Waals surface area (Å²) in [7, 11) is 0. The molecule has 25 heavy (non-hydrogen) atoms. The van der Waals surface area contributed by atoms with Crippen LogP contribution in [0.15, 0.2) is 36.4 Å². The second-order valence-corrected chi connectivity index (χ2v) is 6.69. The average Bonchev–Trinajstić information content (AvgIpc) is 3.41. The minimum atomic E-state index is -0.0927. The van der Waals surface area contributed by atoms with Crippen molar-refractivity contribution in [2.45, 2.75) is 18.8 Å². The Labute approximate surface area is 147 Å². The van der Waals surface area contributed by atoms with Crippen molar-refractivity contribution >= 4 is 5.91 Å². The highest BCUT2D eigenvalue weighted by atomic mass is 16.5. The second kappa shape index (κ2) is 7.37. The summed E-state index contributed by atoms with van der Waals surface area (Å²) in [6.45, 7) is 4.91. The molecule has 2 aromatic rings. The van der Waals surface area contributed by atoms with Crippen molar-refractivity contribution in [1.82, 2.24) is 20.0 Å². The first-order valence-corrected chi connectivity index (χ1v) is 9.05. The molecule has 6 heteroatoms. The molecule has 1 saturated carbocycles. The zero-order valence-corrected chi connectivity index (χ0v) is 14.4. The topological polar surface area (TPSA) is 59.4 Å². The maximum absolute atomic E-state index is 12.5. The number of nitrogens with one attached hydrogen (secondary N) is 1. The molecule has 1 aromatic heterocycles. The zero-order valence-electron chi connectivity index (χ0n) is 14.4. The summed E-state index contributed by atoms with van der Waals surface area (Å²) < 4.78 is 7.27. The first-order valence-electron chi connectivity index (χ1n) is 9.05. The average molecular weight is 340 g/mol. The van der Waals surface area contributed by atoms with Crippen molar-refractivity contribution in [3.63, 3.8) is 0 Å². The van der Waals surface area contributed by atoms with Gasteiger partial charge >= 0.3 is 0 Å². The van der Waals surface area contributed by atoms with Crippen LogP contribution in [0.4, 0.5) is 0 Å². The summed E-state index contributed by atoms with van der Waals surface area (Å²) in [6.07, 6.45) is 2.35. The lowest BCUT2D eigenvalue weighted by Crippen LogP contribution is -2.41. The van der Waals surface area contributed by atoms with Crippen molar-refractivity contribution in [2.75, 3.05) is 39.4 Å². The Morgan fingerprint density at radius 3 is 2.68 bits per heavy atom. The van der Waals surface area contributed by atoms with Gasteiger partial charge in [0, 0.05) is 37.8 Å². The minimum absolute atomic E-state index is 0.0927. The maximum Gasteiger partial charge on any atom is 0.271 e. The van der Waals surface area contributed by atoms with E-state index in [1.54, 1.807) is 0 Å². The van der Waals surface area contributed by atoms with Crippen LogP contribution >= 0.6 is 0 Å². The van der Waals surface area contributed by atoms with Crippen LogP contribution in [0.2, 0.25) is 0 Å². The molecular formula is C19H24N4O2. The number of aromatic nitrogens is 2. The molecule has 2 aliphatic rings. The van der Waals surface area contributed by atoms with E-state index >= 15 is 0 Å². The highest BCUT2D eigenvalue weighted by molar-refractivity contribution is 5.92. The zero-order chi connectivity index (χ0) is 17.1. The van der Waals surface area contributed by atoms with Crippen LogP contribution in [0.25, 0.3) is 5.69 Å². The second-order valence-electron chi connectivity index (χ2n) is 6.69. The molecule has 1 saturated heterocycles. The summed E-state index contributed by atoms with van der Waals surface area (Å²) in [6, 6.07) is 12.0. The number of hydrogen-bond acceptors (Lipinski definition) is 4. The van der Waals surface area contributed by atoms with Gasteiger partial charge < -0.3 is 10.1 Å². The number of carbonyl (C=O) groups excluding carboxylic acids is 1. The predicted molar refractivity (Wildman–Crippen MR) is 95.1 cm³/mol. The standard InChI is InChI=1S/C19H24N4O2/c24-19(20-8-9-22-10-12-25-13-11-22)17-14-18(15-6-7-15)23(21-17)16-4-2-1-3-5-16/h1-5,14-15H,6-13H2,(H,20,24). The molecule has 1 aliphatic heterocycles. The summed E-state index contributed by atoms with van der Waals surface area (Å²) >= 11 is 0. The van der Waals surface area contributed by atoms with Crippen LogP contribution < -0.4 is 5.32 Å². The number of carbonyl (C=O) groups is 1. The van der Waals surface area contributed by atoms with E-state index in [1.807, 2.05) is 41.1 Å². The smallest absolute Gasteiger partial charge is 0.271 e. The molecular weight excluding hydrogens is 316 g/mol. The molecule has 0 bridgehead atoms. The van der Waals surface area contributed by atoms with E-state index in [4.69, 9.17) is 4.74 Å². The van der Waals surface area contributed by atoms with Crippen molar-refractivity contribution in [2.24, 2.45) is 0 Å². The highest BCUT2D eigenvalue weighted by Gasteiger charge is 2.29. The Hall–Kier alpha value is -2.18. The van der Waals surface area contributed by atoms with E-state index < -0.39 is 0 Å². The lowest BCUT2D eigenvalue weighted by molar-refractivity contribution is 0.0383. The van der Waals surface area contributed by atoms with Crippen LogP contribution in [-0.4, -0.2) is 60.0 Å². The van der Waals surface area contributed by atoms with Crippen molar-refractivity contribution in [3.05, 3.63) is 47.8 Å². The lowest BCUT2D eigenvalue weighted by atomic mass is 10.2. The summed E-state index contributed by atoms with van der Waals surface area (Å²) in [4.78, 5) is 14.8. The van der Waals surface area contributed by atoms with Gasteiger partial charge in [0.2, 0.25) is 0 Å². The molecule has 0 radical (unpaired) electrons. The number of morpholine rings is 1. The Morgan fingerprint density at radius 1 is 1.20 bits per heavy atom. The van der Waals surface area contributed by atoms with Gasteiger partial charge in [-0.3, -0.25) is 9.69 Å². The quantitative estimate of drug-likeness (QED) is 0.871. The Balaban J connectivity index is 1.42. The molecule has 1 N–H and O–H groups in total. The van der Waals surface area contributed by atoms with Crippen LogP contribution in [-0.2, 0) is 4.74 Å². The van der Waals surface area contributed by atoms with Gasteiger partial charge in [-0.05, 0) is 31.0 Å². The molecule has 132 valence electrons. The van der Waals surface area contributed by atoms with Crippen molar-refractivity contribution < 1.29 is 9.53 Å². The maximum atomic E-state index is 12.5. The molecule has 1 aromatic carbocycles. The molecule has 0 atom stereocenters. The van der Waals surface area contributed by atoms with E-state index in [1.165, 1.54) is 12.8 Å². The van der Waals surface area contributed by atoms with Gasteiger partial charge in [-0.15, -0.1) is 0 Å². The van der Waals surface area contributed by atoms with Gasteiger partial charge in [0.15, 0.2) is 5.69 Å². The number of rotatable bonds is 6. The molecule has 0 spiro atoms. The molecule has 6 nitrogen and oxygen atoms in total. The van der Waals surface area contributed by atoms with E-state index in [0.717, 1.165) is 44.2 Å². The molecule has 4 rings (SSSR count). The summed E-state index contributed by atoms with van der Waals surface area (Å²) in [5, 5.41) is 7.58. The fourth-order valence-corrected chi connectivity index (χ4v) is 3.20. The van der Waals surface area contributed by atoms with Gasteiger partial charge in [-0.2, -0.15) is 5.10 Å². The fraction of sp³-hybridized carbons (Fsp3) is 0.474. The van der Waals surface area contributed by atoms with Crippen molar-refractivity contribution in [1.29, 1.82) is 0 Å². The molecule has 0 unspecified atom stereocenters. The minimum Gasteiger partial charge on any atom is -0.379 e. The molecule has 2 heterocycles. The highest BCUT2D eigenvalue weighted by Crippen LogP contribution is 2.41. The number of nitrogens with zero attached hydrogens (tertiary/aromatic N) is 3. The monoisotopic (exact) mass is 340 g/mol. The number of para-hydroxylation sites is 1. The lowest BCUT2D eigenvalue weighted by Gasteiger charge is -2.26. The van der Waals surface area contributed by atoms with E-state index in [-0.39, 0.29) is 5.91 Å². The van der Waals surface area contributed by atoms with Crippen LogP contribution in [0.5, 0.6) is 0 Å². The van der Waals surface area contributed by atoms with E-state index in [9.17, 15) is 4.79 Å². The third kappa shape index (κ3) is 3.91. The summed E-state index contributed by atoms with van der Waals surface area (Å²) in [5.74, 6) is 0.437. The van der Waals surface area contributed by atoms with Crippen LogP contribution in [0.1, 0.15) is 34.9 Å². The number of ether oxygens (including phenoxy) is 1. The third-order valence-corrected chi connectivity index (χ3v) is 4.78. The normalized spacial score (nSPS) is 18.2. The van der Waals surface area contributed by atoms with Gasteiger partial charge in [-0.1, -0.05) is 18.2 Å². The SMILES string of the molecule is O=C(NCCN1CCOCC1)c1cc(C2CC2)n(-c2ccccc2)n1. The number of benzene rings is 1. The summed E-state index contributed by atoms with van der Waals surface area (Å²) in [5.41, 5.74) is 2.66. The van der Waals surface area contributed by atoms with Crippen molar-refractivity contribution in [3.8, 4) is 5.69 Å². The number of amides is 1. The molecule has 1 amide bonds. The van der Waals surface area contributed by atoms with Gasteiger partial charge in [0.05, 0.1) is 18.9 Å². The van der Waals surface area contributed by atoms with Crippen LogP contribution in [0, 0.1) is 0 Å². The largest absolute Gasteiger partial charge is 0.379 e. The molecule has 1 aliphatic carbocycles. The fourth-order valence-electron chi connectivity index (χ4n) is 3.20. The van der Waals surface area contributed by atoms with Gasteiger partial charge in [0.1, 0.15) is 0 Å². The Bertz CT molecular complexity index is 718. The first kappa shape index (κ1) is 16.3. The third-order valence-electron chi connectivity index (χ3n) is 4.78. The molecule has 2 fully saturated rings.